The standard InChI is InChI=1S/C18H18F3N5O3/c1-29-18(28)24-12-7-22-26-14-4-2-3-13(14)25(8-15(12)26)17(27)23-9-5-10(19)16(21)11(20)6-9/h5-7,13-14H,2-4,8H2,1H3,(H,23,27)(H,24,28)/t13-,14+/m0/s1. The van der Waals surface area contributed by atoms with Gasteiger partial charge in [-0.3, -0.25) is 10.00 Å². The van der Waals surface area contributed by atoms with Gasteiger partial charge in [-0.25, -0.2) is 22.8 Å². The van der Waals surface area contributed by atoms with E-state index in [1.807, 2.05) is 0 Å². The van der Waals surface area contributed by atoms with Crippen LogP contribution in [-0.4, -0.2) is 40.0 Å². The number of urea groups is 1. The fraction of sp³-hybridized carbons (Fsp3) is 0.389. The summed E-state index contributed by atoms with van der Waals surface area (Å²) < 4.78 is 46.5. The van der Waals surface area contributed by atoms with Crippen molar-refractivity contribution >= 4 is 23.5 Å². The van der Waals surface area contributed by atoms with Crippen molar-refractivity contribution < 1.29 is 27.5 Å². The normalized spacial score (nSPS) is 20.1. The molecular weight excluding hydrogens is 391 g/mol. The van der Waals surface area contributed by atoms with E-state index in [4.69, 9.17) is 0 Å². The first-order valence-corrected chi connectivity index (χ1v) is 9.02. The number of nitrogens with one attached hydrogen (secondary N) is 2. The molecule has 1 aromatic carbocycles. The fourth-order valence-electron chi connectivity index (χ4n) is 3.99. The summed E-state index contributed by atoms with van der Waals surface area (Å²) in [5.74, 6) is -4.38. The topological polar surface area (TPSA) is 88.5 Å². The zero-order valence-corrected chi connectivity index (χ0v) is 15.4. The Morgan fingerprint density at radius 1 is 1.14 bits per heavy atom. The molecule has 2 N–H and O–H groups in total. The molecule has 0 saturated heterocycles. The van der Waals surface area contributed by atoms with Crippen molar-refractivity contribution in [3.63, 3.8) is 0 Å². The molecule has 8 nitrogen and oxygen atoms in total. The molecule has 1 aliphatic carbocycles. The number of amides is 3. The van der Waals surface area contributed by atoms with E-state index in [-0.39, 0.29) is 24.3 Å². The number of carbonyl (C=O) groups excluding carboxylic acids is 2. The minimum atomic E-state index is -1.60. The van der Waals surface area contributed by atoms with Crippen LogP contribution in [0.15, 0.2) is 18.3 Å². The quantitative estimate of drug-likeness (QED) is 0.742. The van der Waals surface area contributed by atoms with Gasteiger partial charge in [0.15, 0.2) is 17.5 Å². The van der Waals surface area contributed by atoms with Crippen LogP contribution in [0.25, 0.3) is 0 Å². The van der Waals surface area contributed by atoms with E-state index in [9.17, 15) is 22.8 Å². The van der Waals surface area contributed by atoms with Crippen molar-refractivity contribution in [2.24, 2.45) is 0 Å². The third-order valence-corrected chi connectivity index (χ3v) is 5.30. The molecule has 1 fully saturated rings. The van der Waals surface area contributed by atoms with Crippen LogP contribution in [0.4, 0.5) is 34.1 Å². The average Bonchev–Trinajstić information content (AvgIpc) is 3.32. The van der Waals surface area contributed by atoms with Gasteiger partial charge in [0.25, 0.3) is 0 Å². The third kappa shape index (κ3) is 3.36. The Hall–Kier alpha value is -3.24. The van der Waals surface area contributed by atoms with Gasteiger partial charge in [-0.15, -0.1) is 0 Å². The molecule has 1 aromatic heterocycles. The van der Waals surface area contributed by atoms with Crippen LogP contribution in [0.5, 0.6) is 0 Å². The molecular formula is C18H18F3N5O3. The highest BCUT2D eigenvalue weighted by Crippen LogP contribution is 2.40. The summed E-state index contributed by atoms with van der Waals surface area (Å²) in [6.07, 6.45) is 3.23. The number of anilines is 2. The van der Waals surface area contributed by atoms with E-state index in [0.29, 0.717) is 11.4 Å². The summed E-state index contributed by atoms with van der Waals surface area (Å²) in [5, 5.41) is 9.34. The number of aromatic nitrogens is 2. The molecule has 1 aliphatic heterocycles. The first-order valence-electron chi connectivity index (χ1n) is 9.02. The lowest BCUT2D eigenvalue weighted by Crippen LogP contribution is -2.49. The molecule has 2 heterocycles. The third-order valence-electron chi connectivity index (χ3n) is 5.30. The van der Waals surface area contributed by atoms with Gasteiger partial charge in [0.05, 0.1) is 43.3 Å². The van der Waals surface area contributed by atoms with Crippen molar-refractivity contribution in [3.8, 4) is 0 Å². The van der Waals surface area contributed by atoms with Crippen molar-refractivity contribution in [2.45, 2.75) is 37.9 Å². The maximum absolute atomic E-state index is 13.5. The number of benzene rings is 1. The second kappa shape index (κ2) is 7.30. The average molecular weight is 409 g/mol. The predicted octanol–water partition coefficient (Wildman–Crippen LogP) is 3.62. The lowest BCUT2D eigenvalue weighted by Gasteiger charge is -2.38. The molecule has 3 amide bonds. The number of methoxy groups -OCH3 is 1. The van der Waals surface area contributed by atoms with Crippen LogP contribution in [0.2, 0.25) is 0 Å². The highest BCUT2D eigenvalue weighted by molar-refractivity contribution is 5.90. The fourth-order valence-corrected chi connectivity index (χ4v) is 3.99. The summed E-state index contributed by atoms with van der Waals surface area (Å²) in [6.45, 7) is 0.123. The van der Waals surface area contributed by atoms with Crippen LogP contribution >= 0.6 is 0 Å². The minimum Gasteiger partial charge on any atom is -0.453 e. The van der Waals surface area contributed by atoms with E-state index < -0.39 is 29.6 Å². The molecule has 4 rings (SSSR count). The number of rotatable bonds is 2. The van der Waals surface area contributed by atoms with Gasteiger partial charge in [-0.05, 0) is 19.3 Å². The van der Waals surface area contributed by atoms with Crippen LogP contribution in [0.1, 0.15) is 31.0 Å². The van der Waals surface area contributed by atoms with Crippen LogP contribution < -0.4 is 10.6 Å². The van der Waals surface area contributed by atoms with Gasteiger partial charge in [-0.1, -0.05) is 0 Å². The molecule has 0 radical (unpaired) electrons. The molecule has 1 saturated carbocycles. The molecule has 0 spiro atoms. The van der Waals surface area contributed by atoms with Gasteiger partial charge in [0.1, 0.15) is 0 Å². The molecule has 29 heavy (non-hydrogen) atoms. The number of halogens is 3. The smallest absolute Gasteiger partial charge is 0.411 e. The summed E-state index contributed by atoms with van der Waals surface area (Å²) >= 11 is 0. The SMILES string of the molecule is COC(=O)Nc1cnn2c1CN(C(=O)Nc1cc(F)c(F)c(F)c1)[C@H]1CCC[C@H]12. The molecule has 11 heteroatoms. The van der Waals surface area contributed by atoms with Crippen LogP contribution in [0, 0.1) is 17.5 Å². The zero-order chi connectivity index (χ0) is 20.7. The maximum Gasteiger partial charge on any atom is 0.411 e. The highest BCUT2D eigenvalue weighted by Gasteiger charge is 2.42. The first kappa shape index (κ1) is 19.1. The second-order valence-corrected chi connectivity index (χ2v) is 6.94. The number of fused-ring (bicyclic) bond motifs is 3. The number of hydrogen-bond donors (Lipinski definition) is 2. The maximum atomic E-state index is 13.5. The lowest BCUT2D eigenvalue weighted by molar-refractivity contribution is 0.139. The Kier molecular flexibility index (Phi) is 4.81. The molecule has 2 aliphatic rings. The van der Waals surface area contributed by atoms with Gasteiger partial charge in [-0.2, -0.15) is 5.10 Å². The number of ether oxygens (including phenoxy) is 1. The van der Waals surface area contributed by atoms with E-state index >= 15 is 0 Å². The summed E-state index contributed by atoms with van der Waals surface area (Å²) in [5.41, 5.74) is 0.844. The van der Waals surface area contributed by atoms with Crippen LogP contribution in [-0.2, 0) is 11.3 Å². The van der Waals surface area contributed by atoms with Crippen molar-refractivity contribution in [1.82, 2.24) is 14.7 Å². The Bertz CT molecular complexity index is 957. The van der Waals surface area contributed by atoms with E-state index in [1.54, 1.807) is 4.68 Å². The largest absolute Gasteiger partial charge is 0.453 e. The highest BCUT2D eigenvalue weighted by atomic mass is 19.2. The minimum absolute atomic E-state index is 0.0839. The second-order valence-electron chi connectivity index (χ2n) is 6.94. The van der Waals surface area contributed by atoms with Crippen molar-refractivity contribution in [1.29, 1.82) is 0 Å². The summed E-state index contributed by atoms with van der Waals surface area (Å²) in [4.78, 5) is 26.0. The Labute approximate surface area is 163 Å². The lowest BCUT2D eigenvalue weighted by atomic mass is 10.1. The predicted molar refractivity (Wildman–Crippen MR) is 95.8 cm³/mol. The van der Waals surface area contributed by atoms with Crippen LogP contribution in [0.3, 0.4) is 0 Å². The van der Waals surface area contributed by atoms with Gasteiger partial charge in [0.2, 0.25) is 0 Å². The summed E-state index contributed by atoms with van der Waals surface area (Å²) in [7, 11) is 1.24. The first-order chi connectivity index (χ1) is 13.9. The Morgan fingerprint density at radius 3 is 2.52 bits per heavy atom. The van der Waals surface area contributed by atoms with Crippen molar-refractivity contribution in [3.05, 3.63) is 41.5 Å². The molecule has 2 aromatic rings. The van der Waals surface area contributed by atoms with E-state index in [2.05, 4.69) is 20.5 Å². The van der Waals surface area contributed by atoms with E-state index in [1.165, 1.54) is 18.2 Å². The molecule has 154 valence electrons. The Morgan fingerprint density at radius 2 is 1.83 bits per heavy atom. The summed E-state index contributed by atoms with van der Waals surface area (Å²) in [6, 6.07) is 0.619. The number of hydrogen-bond acceptors (Lipinski definition) is 4. The molecule has 2 atom stereocenters. The zero-order valence-electron chi connectivity index (χ0n) is 15.4. The Balaban J connectivity index is 1.60. The van der Waals surface area contributed by atoms with Gasteiger partial charge < -0.3 is 15.0 Å². The van der Waals surface area contributed by atoms with Gasteiger partial charge in [0, 0.05) is 17.8 Å². The van der Waals surface area contributed by atoms with Gasteiger partial charge >= 0.3 is 12.1 Å². The number of carbonyl (C=O) groups is 2. The van der Waals surface area contributed by atoms with Crippen molar-refractivity contribution in [2.75, 3.05) is 17.7 Å². The number of nitrogens with zero attached hydrogens (tertiary/aromatic N) is 3. The molecule has 0 bridgehead atoms. The van der Waals surface area contributed by atoms with E-state index in [0.717, 1.165) is 31.4 Å². The monoisotopic (exact) mass is 409 g/mol. The molecule has 0 unspecified atom stereocenters.